The summed E-state index contributed by atoms with van der Waals surface area (Å²) in [5, 5.41) is 2.46. The van der Waals surface area contributed by atoms with Crippen molar-refractivity contribution in [1.82, 2.24) is 0 Å². The number of nitrogens with zero attached hydrogens (tertiary/aromatic N) is 1. The second-order valence-electron chi connectivity index (χ2n) is 20.4. The van der Waals surface area contributed by atoms with Crippen molar-refractivity contribution in [3.8, 4) is 55.6 Å². The van der Waals surface area contributed by atoms with Crippen molar-refractivity contribution in [3.63, 3.8) is 0 Å². The van der Waals surface area contributed by atoms with Gasteiger partial charge in [0.05, 0.1) is 11.1 Å². The van der Waals surface area contributed by atoms with Crippen LogP contribution < -0.4 is 4.90 Å². The van der Waals surface area contributed by atoms with Gasteiger partial charge in [0.25, 0.3) is 0 Å². The highest BCUT2D eigenvalue weighted by atomic mass is 15.1. The second kappa shape index (κ2) is 14.4. The summed E-state index contributed by atoms with van der Waals surface area (Å²) in [5.41, 5.74) is 25.2. The number of hydrogen-bond acceptors (Lipinski definition) is 1. The van der Waals surface area contributed by atoms with E-state index < -0.39 is 5.41 Å². The molecule has 0 aliphatic heterocycles. The molecule has 1 nitrogen and oxygen atoms in total. The summed E-state index contributed by atoms with van der Waals surface area (Å²) >= 11 is 0. The molecular formula is C66H51N. The maximum absolute atomic E-state index is 2.53. The predicted molar refractivity (Wildman–Crippen MR) is 282 cm³/mol. The number of hydrogen-bond donors (Lipinski definition) is 0. The fourth-order valence-electron chi connectivity index (χ4n) is 12.3. The van der Waals surface area contributed by atoms with E-state index in [2.05, 4.69) is 258 Å². The zero-order valence-electron chi connectivity index (χ0n) is 38.7. The SMILES string of the molecule is CC(C)(C)c1ccc(-c2ccc(N(c3ccc4c(c3)-c3ccccc3C43c4ccccc4-c4ccccc43)c3ccc4ccccc4c3-c3cccc4c3-c3ccccc3C4(C)C)cc2)cc1. The summed E-state index contributed by atoms with van der Waals surface area (Å²) in [5.74, 6) is 0. The highest BCUT2D eigenvalue weighted by molar-refractivity contribution is 6.10. The minimum Gasteiger partial charge on any atom is -0.310 e. The lowest BCUT2D eigenvalue weighted by molar-refractivity contribution is 0.590. The van der Waals surface area contributed by atoms with E-state index in [0.29, 0.717) is 0 Å². The fourth-order valence-corrected chi connectivity index (χ4v) is 12.3. The Morgan fingerprint density at radius 2 is 0.851 bits per heavy atom. The lowest BCUT2D eigenvalue weighted by atomic mass is 9.70. The molecule has 0 saturated carbocycles. The summed E-state index contributed by atoms with van der Waals surface area (Å²) in [7, 11) is 0. The summed E-state index contributed by atoms with van der Waals surface area (Å²) < 4.78 is 0. The highest BCUT2D eigenvalue weighted by Crippen LogP contribution is 2.63. The molecule has 1 spiro atoms. The van der Waals surface area contributed by atoms with Crippen LogP contribution in [0.3, 0.4) is 0 Å². The van der Waals surface area contributed by atoms with Crippen LogP contribution in [-0.4, -0.2) is 0 Å². The summed E-state index contributed by atoms with van der Waals surface area (Å²) in [6, 6.07) is 82.6. The van der Waals surface area contributed by atoms with Crippen LogP contribution in [0.2, 0.25) is 0 Å². The van der Waals surface area contributed by atoms with Crippen LogP contribution in [-0.2, 0) is 16.2 Å². The monoisotopic (exact) mass is 857 g/mol. The number of fused-ring (bicyclic) bond motifs is 14. The van der Waals surface area contributed by atoms with Gasteiger partial charge in [-0.2, -0.15) is 0 Å². The quantitative estimate of drug-likeness (QED) is 0.167. The first-order chi connectivity index (χ1) is 32.6. The maximum Gasteiger partial charge on any atom is 0.0725 e. The molecular weight excluding hydrogens is 807 g/mol. The molecule has 0 amide bonds. The third kappa shape index (κ3) is 5.61. The summed E-state index contributed by atoms with van der Waals surface area (Å²) in [6.07, 6.45) is 0. The first-order valence-electron chi connectivity index (χ1n) is 23.8. The zero-order valence-corrected chi connectivity index (χ0v) is 38.7. The molecule has 0 atom stereocenters. The Morgan fingerprint density at radius 1 is 0.358 bits per heavy atom. The van der Waals surface area contributed by atoms with Crippen LogP contribution in [0.4, 0.5) is 17.1 Å². The number of benzene rings is 10. The van der Waals surface area contributed by atoms with Gasteiger partial charge in [0, 0.05) is 22.4 Å². The van der Waals surface area contributed by atoms with Gasteiger partial charge in [-0.25, -0.2) is 0 Å². The zero-order chi connectivity index (χ0) is 45.2. The lowest BCUT2D eigenvalue weighted by Crippen LogP contribution is -2.25. The van der Waals surface area contributed by atoms with Crippen LogP contribution >= 0.6 is 0 Å². The Kier molecular flexibility index (Phi) is 8.50. The smallest absolute Gasteiger partial charge is 0.0725 e. The minimum atomic E-state index is -0.411. The van der Waals surface area contributed by atoms with Gasteiger partial charge in [-0.3, -0.25) is 0 Å². The first-order valence-corrected chi connectivity index (χ1v) is 23.8. The third-order valence-corrected chi connectivity index (χ3v) is 15.5. The number of rotatable bonds is 5. The largest absolute Gasteiger partial charge is 0.310 e. The maximum atomic E-state index is 2.53. The molecule has 13 rings (SSSR count). The summed E-state index contributed by atoms with van der Waals surface area (Å²) in [4.78, 5) is 2.53. The Labute approximate surface area is 394 Å². The van der Waals surface area contributed by atoms with Crippen molar-refractivity contribution in [2.45, 2.75) is 50.9 Å². The Hall–Kier alpha value is -7.74. The van der Waals surface area contributed by atoms with Gasteiger partial charge in [0.15, 0.2) is 0 Å². The van der Waals surface area contributed by atoms with Gasteiger partial charge in [0.2, 0.25) is 0 Å². The molecule has 3 aliphatic rings. The highest BCUT2D eigenvalue weighted by Gasteiger charge is 2.51. The van der Waals surface area contributed by atoms with Crippen LogP contribution in [0, 0.1) is 0 Å². The molecule has 10 aromatic rings. The van der Waals surface area contributed by atoms with Gasteiger partial charge in [0.1, 0.15) is 0 Å². The molecule has 0 saturated heterocycles. The van der Waals surface area contributed by atoms with Crippen molar-refractivity contribution >= 4 is 27.8 Å². The Morgan fingerprint density at radius 3 is 1.49 bits per heavy atom. The van der Waals surface area contributed by atoms with E-state index in [9.17, 15) is 0 Å². The second-order valence-corrected chi connectivity index (χ2v) is 20.4. The fraction of sp³-hybridized carbons (Fsp3) is 0.121. The third-order valence-electron chi connectivity index (χ3n) is 15.5. The molecule has 0 aromatic heterocycles. The van der Waals surface area contributed by atoms with Crippen LogP contribution in [0.5, 0.6) is 0 Å². The van der Waals surface area contributed by atoms with Gasteiger partial charge < -0.3 is 4.90 Å². The molecule has 3 aliphatic carbocycles. The Balaban J connectivity index is 1.07. The molecule has 0 heterocycles. The van der Waals surface area contributed by atoms with Crippen molar-refractivity contribution in [2.24, 2.45) is 0 Å². The van der Waals surface area contributed by atoms with Crippen LogP contribution in [0.15, 0.2) is 218 Å². The predicted octanol–water partition coefficient (Wildman–Crippen LogP) is 17.6. The van der Waals surface area contributed by atoms with E-state index in [1.165, 1.54) is 105 Å². The van der Waals surface area contributed by atoms with E-state index in [4.69, 9.17) is 0 Å². The molecule has 0 bridgehead atoms. The van der Waals surface area contributed by atoms with Crippen molar-refractivity contribution < 1.29 is 0 Å². The van der Waals surface area contributed by atoms with Crippen molar-refractivity contribution in [3.05, 3.63) is 257 Å². The normalized spacial score (nSPS) is 14.3. The van der Waals surface area contributed by atoms with Crippen molar-refractivity contribution in [1.29, 1.82) is 0 Å². The van der Waals surface area contributed by atoms with Gasteiger partial charge in [-0.05, 0) is 136 Å². The minimum absolute atomic E-state index is 0.0949. The van der Waals surface area contributed by atoms with Crippen molar-refractivity contribution in [2.75, 3.05) is 4.90 Å². The molecule has 320 valence electrons. The molecule has 0 radical (unpaired) electrons. The molecule has 0 fully saturated rings. The number of anilines is 3. The lowest BCUT2D eigenvalue weighted by Gasteiger charge is -2.32. The molecule has 1 heteroatoms. The first kappa shape index (κ1) is 39.6. The molecule has 0 N–H and O–H groups in total. The van der Waals surface area contributed by atoms with E-state index in [1.807, 2.05) is 0 Å². The Bertz CT molecular complexity index is 3590. The average Bonchev–Trinajstić information content (AvgIpc) is 3.92. The van der Waals surface area contributed by atoms with E-state index >= 15 is 0 Å². The summed E-state index contributed by atoms with van der Waals surface area (Å²) in [6.45, 7) is 11.6. The van der Waals surface area contributed by atoms with Crippen LogP contribution in [0.1, 0.15) is 73.6 Å². The van der Waals surface area contributed by atoms with E-state index in [0.717, 1.165) is 17.1 Å². The topological polar surface area (TPSA) is 3.24 Å². The van der Waals surface area contributed by atoms with Gasteiger partial charge >= 0.3 is 0 Å². The molecule has 67 heavy (non-hydrogen) atoms. The molecule has 0 unspecified atom stereocenters. The van der Waals surface area contributed by atoms with Crippen LogP contribution in [0.25, 0.3) is 66.4 Å². The molecule has 10 aromatic carbocycles. The van der Waals surface area contributed by atoms with E-state index in [-0.39, 0.29) is 10.8 Å². The standard InChI is InChI=1S/C66H51N/c1-64(2,3)45-34-29-42(30-35-45)43-31-36-46(37-32-43)67(61-40-33-44-17-6-7-18-48(44)63(61)53-23-16-28-60-62(53)52-22-11-12-24-55(52)65(60,4)5)47-38-39-59-54(41-47)51-21-10-15-27-58(51)66(59)56-25-13-8-19-49(56)50-20-9-14-26-57(50)66/h6-41H,1-5H3. The van der Waals surface area contributed by atoms with Gasteiger partial charge in [-0.1, -0.05) is 223 Å². The van der Waals surface area contributed by atoms with E-state index in [1.54, 1.807) is 0 Å². The average molecular weight is 858 g/mol. The van der Waals surface area contributed by atoms with Gasteiger partial charge in [-0.15, -0.1) is 0 Å².